The van der Waals surface area contributed by atoms with Crippen molar-refractivity contribution >= 4 is 23.9 Å². The third-order valence-corrected chi connectivity index (χ3v) is 12.4. The van der Waals surface area contributed by atoms with Gasteiger partial charge in [-0.25, -0.2) is 10.0 Å². The maximum absolute atomic E-state index is 13.9. The molecule has 4 aliphatic rings. The van der Waals surface area contributed by atoms with Crippen molar-refractivity contribution in [1.82, 2.24) is 30.7 Å². The highest BCUT2D eigenvalue weighted by Crippen LogP contribution is 2.37. The number of rotatable bonds is 18. The summed E-state index contributed by atoms with van der Waals surface area (Å²) >= 11 is 0. The molecule has 0 bridgehead atoms. The summed E-state index contributed by atoms with van der Waals surface area (Å²) in [5, 5.41) is 4.54. The number of likely N-dealkylation sites (N-methyl/N-ethyl adjacent to an activating group) is 2. The fraction of sp³-hybridized carbons (Fsp3) is 0.773. The minimum atomic E-state index is -0.455. The van der Waals surface area contributed by atoms with Gasteiger partial charge in [0, 0.05) is 79.3 Å². The van der Waals surface area contributed by atoms with Gasteiger partial charge >= 0.3 is 23.9 Å². The second-order valence-electron chi connectivity index (χ2n) is 17.1. The molecule has 2 aliphatic carbocycles. The second kappa shape index (κ2) is 23.0. The number of piperazine rings is 2. The average molecular weight is 813 g/mol. The van der Waals surface area contributed by atoms with E-state index in [9.17, 15) is 19.2 Å². The van der Waals surface area contributed by atoms with E-state index in [1.165, 1.54) is 13.8 Å². The highest BCUT2D eigenvalue weighted by Gasteiger charge is 2.34. The molecular weight excluding hydrogens is 741 g/mol. The first-order valence-corrected chi connectivity index (χ1v) is 22.2. The molecule has 2 unspecified atom stereocenters. The summed E-state index contributed by atoms with van der Waals surface area (Å²) in [6, 6.07) is 4.43. The summed E-state index contributed by atoms with van der Waals surface area (Å²) in [6.45, 7) is 15.6. The van der Waals surface area contributed by atoms with Gasteiger partial charge in [0.05, 0.1) is 11.8 Å². The Labute approximate surface area is 346 Å². The Morgan fingerprint density at radius 3 is 1.24 bits per heavy atom. The Bertz CT molecular complexity index is 1370. The third-order valence-electron chi connectivity index (χ3n) is 12.4. The van der Waals surface area contributed by atoms with Crippen molar-refractivity contribution in [3.8, 4) is 0 Å². The van der Waals surface area contributed by atoms with Gasteiger partial charge in [-0.2, -0.15) is 0 Å². The molecule has 0 spiro atoms. The van der Waals surface area contributed by atoms with Gasteiger partial charge in [-0.05, 0) is 101 Å². The predicted molar refractivity (Wildman–Crippen MR) is 221 cm³/mol. The third kappa shape index (κ3) is 14.0. The van der Waals surface area contributed by atoms with E-state index >= 15 is 0 Å². The van der Waals surface area contributed by atoms with Crippen LogP contribution < -0.4 is 10.9 Å². The number of carbonyl (C=O) groups is 4. The zero-order chi connectivity index (χ0) is 41.6. The maximum Gasteiger partial charge on any atom is 0.309 e. The predicted octanol–water partition coefficient (Wildman–Crippen LogP) is 5.20. The van der Waals surface area contributed by atoms with Crippen LogP contribution >= 0.6 is 0 Å². The Morgan fingerprint density at radius 2 is 0.931 bits per heavy atom. The summed E-state index contributed by atoms with van der Waals surface area (Å²) < 4.78 is 23.9. The molecule has 14 nitrogen and oxygen atoms in total. The monoisotopic (exact) mass is 813 g/mol. The Hall–Kier alpha value is -3.14. The van der Waals surface area contributed by atoms with Gasteiger partial charge in [0.2, 0.25) is 0 Å². The molecule has 1 aromatic rings. The molecule has 2 aliphatic heterocycles. The lowest BCUT2D eigenvalue weighted by Crippen LogP contribution is -2.50. The molecule has 2 saturated heterocycles. The van der Waals surface area contributed by atoms with Crippen LogP contribution in [-0.2, 0) is 51.2 Å². The van der Waals surface area contributed by atoms with Crippen LogP contribution in [0.5, 0.6) is 0 Å². The van der Waals surface area contributed by atoms with E-state index in [2.05, 4.69) is 70.7 Å². The lowest BCUT2D eigenvalue weighted by molar-refractivity contribution is -0.160. The lowest BCUT2D eigenvalue weighted by Gasteiger charge is -2.34. The number of hydrogen-bond donors (Lipinski definition) is 2. The van der Waals surface area contributed by atoms with Crippen molar-refractivity contribution in [2.75, 3.05) is 66.5 Å². The fourth-order valence-electron chi connectivity index (χ4n) is 8.81. The second-order valence-corrected chi connectivity index (χ2v) is 17.1. The minimum absolute atomic E-state index is 0.149. The number of nitrogens with zero attached hydrogens (tertiary/aromatic N) is 4. The zero-order valence-electron chi connectivity index (χ0n) is 36.2. The molecule has 0 amide bonds. The minimum Gasteiger partial charge on any atom is -0.463 e. The van der Waals surface area contributed by atoms with E-state index in [1.807, 2.05) is 0 Å². The van der Waals surface area contributed by atoms with Crippen molar-refractivity contribution in [2.24, 2.45) is 11.8 Å². The molecule has 2 saturated carbocycles. The van der Waals surface area contributed by atoms with Crippen LogP contribution in [0.25, 0.3) is 0 Å². The van der Waals surface area contributed by atoms with Gasteiger partial charge < -0.3 is 28.7 Å². The van der Waals surface area contributed by atoms with Crippen molar-refractivity contribution in [3.05, 3.63) is 34.4 Å². The molecule has 58 heavy (non-hydrogen) atoms. The molecule has 1 aromatic carbocycles. The van der Waals surface area contributed by atoms with E-state index in [0.29, 0.717) is 77.3 Å². The zero-order valence-corrected chi connectivity index (χ0v) is 36.2. The van der Waals surface area contributed by atoms with E-state index in [0.717, 1.165) is 87.5 Å². The van der Waals surface area contributed by atoms with E-state index < -0.39 is 12.2 Å². The quantitative estimate of drug-likeness (QED) is 0.148. The van der Waals surface area contributed by atoms with Crippen molar-refractivity contribution in [2.45, 2.75) is 142 Å². The molecule has 2 N–H and O–H groups in total. The maximum atomic E-state index is 13.9. The summed E-state index contributed by atoms with van der Waals surface area (Å²) in [5.41, 5.74) is 11.4. The van der Waals surface area contributed by atoms with Gasteiger partial charge in [0.1, 0.15) is 24.4 Å². The molecule has 5 rings (SSSR count). The molecule has 2 heterocycles. The van der Waals surface area contributed by atoms with Crippen molar-refractivity contribution < 1.29 is 38.1 Å². The van der Waals surface area contributed by atoms with Crippen LogP contribution in [0.3, 0.4) is 0 Å². The van der Waals surface area contributed by atoms with Gasteiger partial charge in [0.15, 0.2) is 0 Å². The number of carbonyl (C=O) groups excluding carboxylic acids is 4. The molecule has 0 aromatic heterocycles. The molecule has 0 radical (unpaired) electrons. The molecule has 2 atom stereocenters. The highest BCUT2D eigenvalue weighted by molar-refractivity contribution is 5.74. The van der Waals surface area contributed by atoms with Gasteiger partial charge in [-0.1, -0.05) is 38.8 Å². The van der Waals surface area contributed by atoms with Crippen LogP contribution in [-0.4, -0.2) is 122 Å². The highest BCUT2D eigenvalue weighted by atomic mass is 16.6. The number of benzene rings is 1. The first-order valence-electron chi connectivity index (χ1n) is 22.2. The van der Waals surface area contributed by atoms with Crippen LogP contribution in [0.4, 0.5) is 0 Å². The van der Waals surface area contributed by atoms with Gasteiger partial charge in [-0.3, -0.25) is 30.0 Å². The Kier molecular flexibility index (Phi) is 18.2. The average Bonchev–Trinajstić information content (AvgIpc) is 3.20. The smallest absolute Gasteiger partial charge is 0.309 e. The largest absolute Gasteiger partial charge is 0.463 e. The van der Waals surface area contributed by atoms with Crippen molar-refractivity contribution in [1.29, 1.82) is 0 Å². The Morgan fingerprint density at radius 1 is 0.586 bits per heavy atom. The molecule has 4 fully saturated rings. The van der Waals surface area contributed by atoms with Crippen molar-refractivity contribution in [3.63, 3.8) is 0 Å². The van der Waals surface area contributed by atoms with Crippen LogP contribution in [0, 0.1) is 11.8 Å². The normalized spacial score (nSPS) is 25.1. The van der Waals surface area contributed by atoms with E-state index in [4.69, 9.17) is 18.9 Å². The first-order chi connectivity index (χ1) is 27.9. The van der Waals surface area contributed by atoms with Gasteiger partial charge in [0.25, 0.3) is 0 Å². The number of nitrogens with one attached hydrogen (secondary N) is 2. The number of esters is 4. The summed E-state index contributed by atoms with van der Waals surface area (Å²) in [5.74, 6) is -1.44. The fourth-order valence-corrected chi connectivity index (χ4v) is 8.81. The van der Waals surface area contributed by atoms with E-state index in [1.54, 1.807) is 0 Å². The van der Waals surface area contributed by atoms with E-state index in [-0.39, 0.29) is 47.9 Å². The summed E-state index contributed by atoms with van der Waals surface area (Å²) in [4.78, 5) is 55.6. The number of hydrogen-bond acceptors (Lipinski definition) is 14. The topological polar surface area (TPSA) is 142 Å². The number of hydrazine groups is 2. The molecule has 14 heteroatoms. The molecular formula is C44H72N6O8. The van der Waals surface area contributed by atoms with Gasteiger partial charge in [-0.15, -0.1) is 0 Å². The van der Waals surface area contributed by atoms with Crippen LogP contribution in [0.1, 0.15) is 139 Å². The number of ether oxygens (including phenoxy) is 4. The SMILES string of the molecule is CCCC(OC(=O)C1CCC(OC(C)=O)CC1)c1cc(CNN2CCN(C)CC2)c(C(CCC)OC(=O)C2CCC(OC(C)=O)CC2)cc1CNN1CCN(C)CC1. The van der Waals surface area contributed by atoms with Crippen LogP contribution in [0.15, 0.2) is 12.1 Å². The molecule has 326 valence electrons. The summed E-state index contributed by atoms with van der Waals surface area (Å²) in [7, 11) is 4.29. The standard InChI is InChI=1S/C44H72N6O8/c1-7-9-41(57-43(53)33-11-15-37(16-12-33)55-31(3)51)39-27-36(30-46-50-25-21-48(6)22-26-50)40(28-35(39)29-45-49-23-19-47(5)20-24-49)42(10-8-2)58-44(54)34-13-17-38(18-14-34)56-32(4)52/h27-28,33-34,37-38,41-42,45-46H,7-26,29-30H2,1-6H3. The first kappa shape index (κ1) is 45.9. The lowest BCUT2D eigenvalue weighted by atomic mass is 9.86. The van der Waals surface area contributed by atoms with Crippen LogP contribution in [0.2, 0.25) is 0 Å². The Balaban J connectivity index is 1.46. The summed E-state index contributed by atoms with van der Waals surface area (Å²) in [6.07, 6.45) is 6.91.